The van der Waals surface area contributed by atoms with Crippen molar-refractivity contribution in [2.75, 3.05) is 13.7 Å². The zero-order valence-electron chi connectivity index (χ0n) is 11.5. The van der Waals surface area contributed by atoms with Crippen LogP contribution >= 0.6 is 11.6 Å². The highest BCUT2D eigenvalue weighted by molar-refractivity contribution is 6.30. The normalized spacial score (nSPS) is 10.8. The van der Waals surface area contributed by atoms with Crippen molar-refractivity contribution in [3.8, 4) is 11.5 Å². The molecule has 0 fully saturated rings. The van der Waals surface area contributed by atoms with Crippen molar-refractivity contribution >= 4 is 23.5 Å². The van der Waals surface area contributed by atoms with Gasteiger partial charge in [0.15, 0.2) is 0 Å². The van der Waals surface area contributed by atoms with Gasteiger partial charge in [0.25, 0.3) is 0 Å². The van der Waals surface area contributed by atoms with Crippen LogP contribution in [0.4, 0.5) is 5.69 Å². The van der Waals surface area contributed by atoms with Gasteiger partial charge >= 0.3 is 0 Å². The fourth-order valence-electron chi connectivity index (χ4n) is 1.74. The van der Waals surface area contributed by atoms with Crippen molar-refractivity contribution in [3.63, 3.8) is 0 Å². The Morgan fingerprint density at radius 1 is 1.20 bits per heavy atom. The quantitative estimate of drug-likeness (QED) is 0.759. The first-order chi connectivity index (χ1) is 9.72. The van der Waals surface area contributed by atoms with Crippen molar-refractivity contribution in [2.24, 2.45) is 4.99 Å². The number of benzene rings is 2. The molecule has 0 amide bonds. The monoisotopic (exact) mass is 289 g/mol. The van der Waals surface area contributed by atoms with E-state index in [1.165, 1.54) is 0 Å². The van der Waals surface area contributed by atoms with Crippen LogP contribution in [0.5, 0.6) is 11.5 Å². The van der Waals surface area contributed by atoms with Gasteiger partial charge in [0.05, 0.1) is 19.4 Å². The summed E-state index contributed by atoms with van der Waals surface area (Å²) in [6, 6.07) is 13.0. The maximum Gasteiger partial charge on any atom is 0.128 e. The van der Waals surface area contributed by atoms with Crippen LogP contribution in [0.2, 0.25) is 5.02 Å². The number of ether oxygens (including phenoxy) is 2. The fourth-order valence-corrected chi connectivity index (χ4v) is 1.92. The smallest absolute Gasteiger partial charge is 0.128 e. The second-order valence-electron chi connectivity index (χ2n) is 4.07. The Morgan fingerprint density at radius 3 is 2.80 bits per heavy atom. The minimum atomic E-state index is 0.599. The van der Waals surface area contributed by atoms with Gasteiger partial charge in [0.1, 0.15) is 11.5 Å². The first-order valence-corrected chi connectivity index (χ1v) is 6.71. The molecule has 0 spiro atoms. The first kappa shape index (κ1) is 14.4. The highest BCUT2D eigenvalue weighted by Gasteiger charge is 2.02. The van der Waals surface area contributed by atoms with Crippen LogP contribution in [-0.2, 0) is 0 Å². The lowest BCUT2D eigenvalue weighted by molar-refractivity contribution is 0.340. The molecular formula is C16H16ClNO2. The number of nitrogens with zero attached hydrogens (tertiary/aromatic N) is 1. The molecule has 0 saturated carbocycles. The minimum Gasteiger partial charge on any atom is -0.497 e. The third kappa shape index (κ3) is 3.75. The Hall–Kier alpha value is -2.00. The molecule has 0 radical (unpaired) electrons. The van der Waals surface area contributed by atoms with Crippen molar-refractivity contribution in [2.45, 2.75) is 6.92 Å². The summed E-state index contributed by atoms with van der Waals surface area (Å²) in [6.45, 7) is 2.54. The lowest BCUT2D eigenvalue weighted by atomic mass is 10.2. The van der Waals surface area contributed by atoms with Gasteiger partial charge in [0.2, 0.25) is 0 Å². The van der Waals surface area contributed by atoms with E-state index in [4.69, 9.17) is 21.1 Å². The number of hydrogen-bond donors (Lipinski definition) is 0. The maximum absolute atomic E-state index is 6.01. The van der Waals surface area contributed by atoms with Crippen LogP contribution in [0.3, 0.4) is 0 Å². The standard InChI is InChI=1S/C16H16ClNO2/c1-3-20-16-8-7-13(17)9-12(16)11-18-14-5-4-6-15(10-14)19-2/h4-11H,3H2,1-2H3. The van der Waals surface area contributed by atoms with Crippen LogP contribution in [0.25, 0.3) is 0 Å². The molecule has 0 atom stereocenters. The van der Waals surface area contributed by atoms with Crippen LogP contribution in [0.15, 0.2) is 47.5 Å². The molecule has 0 saturated heterocycles. The van der Waals surface area contributed by atoms with E-state index in [-0.39, 0.29) is 0 Å². The SMILES string of the molecule is CCOc1ccc(Cl)cc1C=Nc1cccc(OC)c1. The van der Waals surface area contributed by atoms with E-state index in [1.807, 2.05) is 43.3 Å². The Bertz CT molecular complexity index is 611. The summed E-state index contributed by atoms with van der Waals surface area (Å²) in [5.41, 5.74) is 1.66. The Morgan fingerprint density at radius 2 is 2.05 bits per heavy atom. The average Bonchev–Trinajstić information content (AvgIpc) is 2.48. The summed E-state index contributed by atoms with van der Waals surface area (Å²) in [5, 5.41) is 0.653. The molecular weight excluding hydrogens is 274 g/mol. The number of halogens is 1. The largest absolute Gasteiger partial charge is 0.497 e. The minimum absolute atomic E-state index is 0.599. The van der Waals surface area contributed by atoms with Crippen LogP contribution < -0.4 is 9.47 Å². The Labute approximate surface area is 123 Å². The van der Waals surface area contributed by atoms with Gasteiger partial charge in [-0.05, 0) is 37.3 Å². The molecule has 0 unspecified atom stereocenters. The van der Waals surface area contributed by atoms with Crippen molar-refractivity contribution in [1.29, 1.82) is 0 Å². The molecule has 0 aromatic heterocycles. The lowest BCUT2D eigenvalue weighted by Gasteiger charge is -2.07. The molecule has 0 aliphatic rings. The first-order valence-electron chi connectivity index (χ1n) is 6.33. The van der Waals surface area contributed by atoms with Crippen LogP contribution in [0, 0.1) is 0 Å². The maximum atomic E-state index is 6.01. The van der Waals surface area contributed by atoms with Crippen molar-refractivity contribution in [3.05, 3.63) is 53.1 Å². The van der Waals surface area contributed by atoms with E-state index < -0.39 is 0 Å². The van der Waals surface area contributed by atoms with Gasteiger partial charge in [-0.25, -0.2) is 0 Å². The molecule has 0 aliphatic carbocycles. The number of hydrogen-bond acceptors (Lipinski definition) is 3. The van der Waals surface area contributed by atoms with Gasteiger partial charge < -0.3 is 9.47 Å². The summed E-state index contributed by atoms with van der Waals surface area (Å²) in [7, 11) is 1.63. The van der Waals surface area contributed by atoms with Crippen LogP contribution in [0.1, 0.15) is 12.5 Å². The van der Waals surface area contributed by atoms with Crippen molar-refractivity contribution in [1.82, 2.24) is 0 Å². The Balaban J connectivity index is 2.27. The van der Waals surface area contributed by atoms with Gasteiger partial charge in [-0.1, -0.05) is 17.7 Å². The van der Waals surface area contributed by atoms with E-state index in [2.05, 4.69) is 4.99 Å². The summed E-state index contributed by atoms with van der Waals surface area (Å²) >= 11 is 6.01. The molecule has 0 aliphatic heterocycles. The molecule has 2 aromatic rings. The van der Waals surface area contributed by atoms with E-state index in [0.717, 1.165) is 22.7 Å². The average molecular weight is 290 g/mol. The van der Waals surface area contributed by atoms with Crippen LogP contribution in [-0.4, -0.2) is 19.9 Å². The molecule has 0 N–H and O–H groups in total. The molecule has 0 heterocycles. The molecule has 0 bridgehead atoms. The van der Waals surface area contributed by atoms with Crippen molar-refractivity contribution < 1.29 is 9.47 Å². The number of methoxy groups -OCH3 is 1. The Kier molecular flexibility index (Phi) is 5.02. The molecule has 20 heavy (non-hydrogen) atoms. The molecule has 2 aromatic carbocycles. The molecule has 3 nitrogen and oxygen atoms in total. The predicted octanol–water partition coefficient (Wildman–Crippen LogP) is 4.50. The highest BCUT2D eigenvalue weighted by atomic mass is 35.5. The number of rotatable bonds is 5. The lowest BCUT2D eigenvalue weighted by Crippen LogP contribution is -1.95. The zero-order chi connectivity index (χ0) is 14.4. The zero-order valence-corrected chi connectivity index (χ0v) is 12.2. The van der Waals surface area contributed by atoms with E-state index in [0.29, 0.717) is 11.6 Å². The fraction of sp³-hybridized carbons (Fsp3) is 0.188. The third-order valence-electron chi connectivity index (χ3n) is 2.68. The number of aliphatic imine (C=N–C) groups is 1. The second kappa shape index (κ2) is 6.96. The molecule has 4 heteroatoms. The van der Waals surface area contributed by atoms with E-state index in [1.54, 1.807) is 19.4 Å². The van der Waals surface area contributed by atoms with E-state index >= 15 is 0 Å². The summed E-state index contributed by atoms with van der Waals surface area (Å²) < 4.78 is 10.7. The van der Waals surface area contributed by atoms with Gasteiger partial charge in [-0.15, -0.1) is 0 Å². The third-order valence-corrected chi connectivity index (χ3v) is 2.91. The topological polar surface area (TPSA) is 30.8 Å². The van der Waals surface area contributed by atoms with E-state index in [9.17, 15) is 0 Å². The molecule has 2 rings (SSSR count). The highest BCUT2D eigenvalue weighted by Crippen LogP contribution is 2.23. The summed E-state index contributed by atoms with van der Waals surface area (Å²) in [4.78, 5) is 4.43. The second-order valence-corrected chi connectivity index (χ2v) is 4.51. The predicted molar refractivity (Wildman–Crippen MR) is 82.9 cm³/mol. The molecule has 104 valence electrons. The summed E-state index contributed by atoms with van der Waals surface area (Å²) in [6.07, 6.45) is 1.74. The van der Waals surface area contributed by atoms with Gasteiger partial charge in [-0.3, -0.25) is 4.99 Å². The van der Waals surface area contributed by atoms with Gasteiger partial charge in [0, 0.05) is 22.9 Å². The summed E-state index contributed by atoms with van der Waals surface area (Å²) in [5.74, 6) is 1.54. The van der Waals surface area contributed by atoms with Gasteiger partial charge in [-0.2, -0.15) is 0 Å².